The molecule has 2 aromatic heterocycles. The summed E-state index contributed by atoms with van der Waals surface area (Å²) < 4.78 is 7.66. The average molecular weight is 247 g/mol. The molecule has 4 nitrogen and oxygen atoms in total. The number of hydrogen-bond donors (Lipinski definition) is 1. The highest BCUT2D eigenvalue weighted by Crippen LogP contribution is 2.23. The molecular weight excluding hydrogens is 226 g/mol. The van der Waals surface area contributed by atoms with Crippen LogP contribution in [0.25, 0.3) is 0 Å². The fourth-order valence-electron chi connectivity index (χ4n) is 1.97. The van der Waals surface area contributed by atoms with E-state index >= 15 is 0 Å². The molecule has 0 saturated heterocycles. The van der Waals surface area contributed by atoms with E-state index in [-0.39, 0.29) is 6.04 Å². The minimum absolute atomic E-state index is 0.0476. The Bertz CT molecular complexity index is 487. The lowest BCUT2D eigenvalue weighted by atomic mass is 10.1. The Morgan fingerprint density at radius 3 is 2.72 bits per heavy atom. The van der Waals surface area contributed by atoms with Gasteiger partial charge in [0.25, 0.3) is 0 Å². The van der Waals surface area contributed by atoms with Crippen molar-refractivity contribution in [2.24, 2.45) is 7.05 Å². The Labute approximate surface area is 108 Å². The lowest BCUT2D eigenvalue weighted by molar-refractivity contribution is 0.416. The maximum Gasteiger partial charge on any atom is 0.127 e. The zero-order chi connectivity index (χ0) is 13.0. The zero-order valence-corrected chi connectivity index (χ0v) is 11.3. The second-order valence-electron chi connectivity index (χ2n) is 4.46. The van der Waals surface area contributed by atoms with Crippen LogP contribution in [0.1, 0.15) is 43.5 Å². The van der Waals surface area contributed by atoms with Crippen molar-refractivity contribution in [2.45, 2.75) is 32.7 Å². The lowest BCUT2D eigenvalue weighted by Gasteiger charge is -2.13. The van der Waals surface area contributed by atoms with Gasteiger partial charge in [-0.1, -0.05) is 13.8 Å². The molecular formula is C14H21N3O. The van der Waals surface area contributed by atoms with Crippen LogP contribution in [0.15, 0.2) is 28.8 Å². The van der Waals surface area contributed by atoms with Crippen LogP contribution in [0.5, 0.6) is 0 Å². The van der Waals surface area contributed by atoms with E-state index in [4.69, 9.17) is 4.42 Å². The van der Waals surface area contributed by atoms with Crippen molar-refractivity contribution < 1.29 is 4.42 Å². The van der Waals surface area contributed by atoms with Gasteiger partial charge < -0.3 is 9.73 Å². The maximum atomic E-state index is 5.84. The van der Waals surface area contributed by atoms with Crippen molar-refractivity contribution in [2.75, 3.05) is 6.54 Å². The summed E-state index contributed by atoms with van der Waals surface area (Å²) in [6.07, 6.45) is 3.97. The van der Waals surface area contributed by atoms with Crippen LogP contribution in [0.3, 0.4) is 0 Å². The molecule has 0 spiro atoms. The molecule has 2 aromatic rings. The molecule has 2 heterocycles. The lowest BCUT2D eigenvalue weighted by Crippen LogP contribution is -2.23. The maximum absolute atomic E-state index is 5.84. The summed E-state index contributed by atoms with van der Waals surface area (Å²) in [6.45, 7) is 5.20. The van der Waals surface area contributed by atoms with Gasteiger partial charge in [-0.25, -0.2) is 0 Å². The highest BCUT2D eigenvalue weighted by Gasteiger charge is 2.19. The predicted octanol–water partition coefficient (Wildman–Crippen LogP) is 2.66. The largest absolute Gasteiger partial charge is 0.464 e. The molecule has 4 heteroatoms. The van der Waals surface area contributed by atoms with E-state index in [1.54, 1.807) is 0 Å². The Hall–Kier alpha value is -1.55. The third kappa shape index (κ3) is 2.82. The van der Waals surface area contributed by atoms with Crippen LogP contribution in [0, 0.1) is 0 Å². The van der Waals surface area contributed by atoms with Gasteiger partial charge in [-0.3, -0.25) is 4.68 Å². The fourth-order valence-corrected chi connectivity index (χ4v) is 1.97. The summed E-state index contributed by atoms with van der Waals surface area (Å²) in [6, 6.07) is 6.16. The summed E-state index contributed by atoms with van der Waals surface area (Å²) in [5.41, 5.74) is 1.00. The first kappa shape index (κ1) is 12.9. The number of nitrogens with zero attached hydrogens (tertiary/aromatic N) is 2. The van der Waals surface area contributed by atoms with Crippen LogP contribution < -0.4 is 5.32 Å². The SMILES string of the molecule is CCCNC(c1ccn(C)n1)c1ccc(CC)o1. The molecule has 0 bridgehead atoms. The van der Waals surface area contributed by atoms with Crippen LogP contribution in [-0.4, -0.2) is 16.3 Å². The average Bonchev–Trinajstić information content (AvgIpc) is 2.99. The smallest absolute Gasteiger partial charge is 0.127 e. The van der Waals surface area contributed by atoms with Gasteiger partial charge >= 0.3 is 0 Å². The van der Waals surface area contributed by atoms with Gasteiger partial charge in [-0.2, -0.15) is 5.10 Å². The molecule has 0 radical (unpaired) electrons. The molecule has 1 unspecified atom stereocenters. The fraction of sp³-hybridized carbons (Fsp3) is 0.500. The van der Waals surface area contributed by atoms with E-state index in [0.29, 0.717) is 0 Å². The standard InChI is InChI=1S/C14H21N3O/c1-4-9-15-14(12-8-10-17(3)16-12)13-7-6-11(5-2)18-13/h6-8,10,14-15H,4-5,9H2,1-3H3. The second kappa shape index (κ2) is 5.87. The summed E-state index contributed by atoms with van der Waals surface area (Å²) in [5, 5.41) is 7.95. The van der Waals surface area contributed by atoms with Gasteiger partial charge in [0, 0.05) is 19.7 Å². The first-order chi connectivity index (χ1) is 8.74. The van der Waals surface area contributed by atoms with Gasteiger partial charge in [0.2, 0.25) is 0 Å². The molecule has 0 aliphatic rings. The van der Waals surface area contributed by atoms with Crippen LogP contribution in [0.2, 0.25) is 0 Å². The molecule has 98 valence electrons. The van der Waals surface area contributed by atoms with Crippen LogP contribution in [-0.2, 0) is 13.5 Å². The van der Waals surface area contributed by atoms with Gasteiger partial charge in [-0.15, -0.1) is 0 Å². The van der Waals surface area contributed by atoms with Crippen molar-refractivity contribution >= 4 is 0 Å². The van der Waals surface area contributed by atoms with Crippen molar-refractivity contribution in [3.63, 3.8) is 0 Å². The van der Waals surface area contributed by atoms with Crippen molar-refractivity contribution in [1.29, 1.82) is 0 Å². The Kier molecular flexibility index (Phi) is 4.20. The topological polar surface area (TPSA) is 43.0 Å². The first-order valence-electron chi connectivity index (χ1n) is 6.56. The summed E-state index contributed by atoms with van der Waals surface area (Å²) in [4.78, 5) is 0. The number of rotatable bonds is 6. The molecule has 0 aliphatic heterocycles. The monoisotopic (exact) mass is 247 g/mol. The van der Waals surface area contributed by atoms with Gasteiger partial charge in [-0.05, 0) is 31.2 Å². The highest BCUT2D eigenvalue weighted by atomic mass is 16.3. The van der Waals surface area contributed by atoms with Crippen molar-refractivity contribution in [3.05, 3.63) is 41.6 Å². The number of nitrogens with one attached hydrogen (secondary N) is 1. The van der Waals surface area contributed by atoms with Gasteiger partial charge in [0.15, 0.2) is 0 Å². The molecule has 1 atom stereocenters. The molecule has 0 aliphatic carbocycles. The van der Waals surface area contributed by atoms with Crippen molar-refractivity contribution in [1.82, 2.24) is 15.1 Å². The highest BCUT2D eigenvalue weighted by molar-refractivity contribution is 5.21. The predicted molar refractivity (Wildman–Crippen MR) is 71.4 cm³/mol. The zero-order valence-electron chi connectivity index (χ0n) is 11.3. The van der Waals surface area contributed by atoms with E-state index in [0.717, 1.165) is 36.6 Å². The van der Waals surface area contributed by atoms with Crippen molar-refractivity contribution in [3.8, 4) is 0 Å². The minimum atomic E-state index is 0.0476. The van der Waals surface area contributed by atoms with E-state index in [9.17, 15) is 0 Å². The summed E-state index contributed by atoms with van der Waals surface area (Å²) in [7, 11) is 1.93. The minimum Gasteiger partial charge on any atom is -0.464 e. The Balaban J connectivity index is 2.24. The second-order valence-corrected chi connectivity index (χ2v) is 4.46. The van der Waals surface area contributed by atoms with E-state index < -0.39 is 0 Å². The number of furan rings is 1. The quantitative estimate of drug-likeness (QED) is 0.853. The van der Waals surface area contributed by atoms with E-state index in [1.165, 1.54) is 0 Å². The molecule has 0 aromatic carbocycles. The summed E-state index contributed by atoms with van der Waals surface area (Å²) >= 11 is 0. The van der Waals surface area contributed by atoms with E-state index in [2.05, 4.69) is 24.3 Å². The first-order valence-corrected chi connectivity index (χ1v) is 6.56. The third-order valence-corrected chi connectivity index (χ3v) is 2.94. The van der Waals surface area contributed by atoms with E-state index in [1.807, 2.05) is 36.1 Å². The molecule has 0 fully saturated rings. The van der Waals surface area contributed by atoms with Crippen LogP contribution >= 0.6 is 0 Å². The molecule has 0 saturated carbocycles. The Morgan fingerprint density at radius 2 is 2.17 bits per heavy atom. The number of aryl methyl sites for hydroxylation is 2. The third-order valence-electron chi connectivity index (χ3n) is 2.94. The van der Waals surface area contributed by atoms with Gasteiger partial charge in [0.1, 0.15) is 17.6 Å². The molecule has 0 amide bonds. The number of hydrogen-bond acceptors (Lipinski definition) is 3. The van der Waals surface area contributed by atoms with Gasteiger partial charge in [0.05, 0.1) is 5.69 Å². The molecule has 1 N–H and O–H groups in total. The normalized spacial score (nSPS) is 12.8. The number of aromatic nitrogens is 2. The molecule has 18 heavy (non-hydrogen) atoms. The molecule has 2 rings (SSSR count). The Morgan fingerprint density at radius 1 is 1.33 bits per heavy atom. The summed E-state index contributed by atoms with van der Waals surface area (Å²) in [5.74, 6) is 1.96. The van der Waals surface area contributed by atoms with Crippen LogP contribution in [0.4, 0.5) is 0 Å².